The first-order valence-electron chi connectivity index (χ1n) is 12.1. The lowest BCUT2D eigenvalue weighted by molar-refractivity contribution is -0.136. The highest BCUT2D eigenvalue weighted by Gasteiger charge is 2.35. The van der Waals surface area contributed by atoms with Gasteiger partial charge in [-0.1, -0.05) is 19.1 Å². The second kappa shape index (κ2) is 9.13. The van der Waals surface area contributed by atoms with E-state index >= 15 is 0 Å². The number of imidazole rings is 1. The van der Waals surface area contributed by atoms with Crippen LogP contribution in [-0.2, 0) is 19.8 Å². The van der Waals surface area contributed by atoms with E-state index in [4.69, 9.17) is 0 Å². The SMILES string of the molecule is C[C@@H](c1cccc(-n2cc3c(C(F)(F)F)cc(CN4CCC(C)(F)CC4)cn3c2=O)c1)c1nncn1C. The van der Waals surface area contributed by atoms with Crippen LogP contribution in [0.3, 0.4) is 0 Å². The van der Waals surface area contributed by atoms with Crippen molar-refractivity contribution >= 4 is 5.52 Å². The molecule has 0 saturated carbocycles. The molecule has 1 fully saturated rings. The predicted octanol–water partition coefficient (Wildman–Crippen LogP) is 4.71. The van der Waals surface area contributed by atoms with Gasteiger partial charge >= 0.3 is 11.9 Å². The van der Waals surface area contributed by atoms with Gasteiger partial charge in [-0.25, -0.2) is 9.18 Å². The summed E-state index contributed by atoms with van der Waals surface area (Å²) in [6, 6.07) is 8.19. The number of rotatable bonds is 5. The van der Waals surface area contributed by atoms with Gasteiger partial charge in [0.1, 0.15) is 17.8 Å². The molecule has 0 aliphatic carbocycles. The summed E-state index contributed by atoms with van der Waals surface area (Å²) in [6.45, 7) is 4.58. The number of piperidine rings is 1. The Morgan fingerprint density at radius 3 is 2.51 bits per heavy atom. The number of benzene rings is 1. The normalized spacial score (nSPS) is 17.4. The highest BCUT2D eigenvalue weighted by atomic mass is 19.4. The number of aryl methyl sites for hydroxylation is 1. The number of aromatic nitrogens is 5. The molecule has 1 atom stereocenters. The highest BCUT2D eigenvalue weighted by molar-refractivity contribution is 5.58. The van der Waals surface area contributed by atoms with E-state index in [9.17, 15) is 22.4 Å². The van der Waals surface area contributed by atoms with Crippen molar-refractivity contribution in [1.29, 1.82) is 0 Å². The largest absolute Gasteiger partial charge is 0.418 e. The smallest absolute Gasteiger partial charge is 0.320 e. The Kier molecular flexibility index (Phi) is 6.21. The Balaban J connectivity index is 1.55. The minimum atomic E-state index is -4.65. The third kappa shape index (κ3) is 4.92. The monoisotopic (exact) mass is 516 g/mol. The lowest BCUT2D eigenvalue weighted by Crippen LogP contribution is -2.39. The average Bonchev–Trinajstić information content (AvgIpc) is 3.42. The minimum absolute atomic E-state index is 0.145. The summed E-state index contributed by atoms with van der Waals surface area (Å²) in [7, 11) is 1.83. The number of likely N-dealkylation sites (tertiary alicyclic amines) is 1. The van der Waals surface area contributed by atoms with E-state index in [0.29, 0.717) is 37.2 Å². The number of alkyl halides is 4. The zero-order valence-electron chi connectivity index (χ0n) is 20.8. The van der Waals surface area contributed by atoms with E-state index in [0.717, 1.165) is 21.9 Å². The third-order valence-electron chi connectivity index (χ3n) is 7.22. The van der Waals surface area contributed by atoms with Gasteiger partial charge in [0.25, 0.3) is 0 Å². The number of pyridine rings is 1. The van der Waals surface area contributed by atoms with E-state index in [1.807, 2.05) is 24.9 Å². The van der Waals surface area contributed by atoms with Crippen molar-refractivity contribution in [3.63, 3.8) is 0 Å². The molecule has 4 heterocycles. The van der Waals surface area contributed by atoms with Crippen molar-refractivity contribution in [2.45, 2.75) is 51.0 Å². The van der Waals surface area contributed by atoms with Gasteiger partial charge in [-0.3, -0.25) is 13.9 Å². The fourth-order valence-electron chi connectivity index (χ4n) is 4.96. The van der Waals surface area contributed by atoms with Gasteiger partial charge in [0.15, 0.2) is 0 Å². The van der Waals surface area contributed by atoms with E-state index in [-0.39, 0.29) is 18.0 Å². The van der Waals surface area contributed by atoms with Gasteiger partial charge in [-0.15, -0.1) is 10.2 Å². The van der Waals surface area contributed by atoms with Crippen LogP contribution in [0.15, 0.2) is 53.8 Å². The molecular weight excluding hydrogens is 488 g/mol. The molecule has 1 aliphatic heterocycles. The van der Waals surface area contributed by atoms with Gasteiger partial charge in [0.2, 0.25) is 0 Å². The van der Waals surface area contributed by atoms with Gasteiger partial charge in [0.05, 0.1) is 16.8 Å². The highest BCUT2D eigenvalue weighted by Crippen LogP contribution is 2.34. The molecule has 5 rings (SSSR count). The Hall–Kier alpha value is -3.47. The molecule has 196 valence electrons. The van der Waals surface area contributed by atoms with Gasteiger partial charge in [-0.2, -0.15) is 13.2 Å². The fourth-order valence-corrected chi connectivity index (χ4v) is 4.96. The Labute approximate surface area is 211 Å². The molecule has 0 spiro atoms. The number of hydrogen-bond acceptors (Lipinski definition) is 4. The molecule has 4 aromatic rings. The van der Waals surface area contributed by atoms with Crippen molar-refractivity contribution in [1.82, 2.24) is 28.6 Å². The quantitative estimate of drug-likeness (QED) is 0.361. The maximum absolute atomic E-state index is 14.2. The molecule has 0 unspecified atom stereocenters. The fraction of sp³-hybridized carbons (Fsp3) is 0.423. The number of fused-ring (bicyclic) bond motifs is 1. The first kappa shape index (κ1) is 25.2. The molecule has 0 radical (unpaired) electrons. The maximum atomic E-state index is 14.2. The van der Waals surface area contributed by atoms with Crippen molar-refractivity contribution in [2.24, 2.45) is 7.05 Å². The zero-order valence-corrected chi connectivity index (χ0v) is 20.8. The topological polar surface area (TPSA) is 60.4 Å². The van der Waals surface area contributed by atoms with Crippen LogP contribution in [0.2, 0.25) is 0 Å². The molecule has 0 bridgehead atoms. The molecular formula is C26H28F4N6O. The van der Waals surface area contributed by atoms with E-state index in [1.165, 1.54) is 17.0 Å². The molecule has 3 aromatic heterocycles. The van der Waals surface area contributed by atoms with Crippen LogP contribution in [0, 0.1) is 0 Å². The summed E-state index contributed by atoms with van der Waals surface area (Å²) in [4.78, 5) is 15.3. The molecule has 37 heavy (non-hydrogen) atoms. The van der Waals surface area contributed by atoms with Crippen LogP contribution in [-0.4, -0.2) is 47.4 Å². The first-order valence-corrected chi connectivity index (χ1v) is 12.1. The van der Waals surface area contributed by atoms with Crippen molar-refractivity contribution in [3.05, 3.63) is 82.1 Å². The summed E-state index contributed by atoms with van der Waals surface area (Å²) in [5.74, 6) is 0.578. The standard InChI is InChI=1S/C26H28F4N6O/c1-17(23-32-31-16-33(23)3)19-5-4-6-20(12-19)35-15-22-21(26(28,29)30)11-18(14-36(22)24(35)37)13-34-9-7-25(2,27)8-10-34/h4-6,11-12,14-17H,7-10,13H2,1-3H3/t17-/m0/s1. The number of halogens is 4. The Morgan fingerprint density at radius 1 is 1.14 bits per heavy atom. The Morgan fingerprint density at radius 2 is 1.86 bits per heavy atom. The Bertz CT molecular complexity index is 1490. The van der Waals surface area contributed by atoms with Crippen molar-refractivity contribution in [3.8, 4) is 5.69 Å². The zero-order chi connectivity index (χ0) is 26.5. The van der Waals surface area contributed by atoms with E-state index in [2.05, 4.69) is 10.2 Å². The summed E-state index contributed by atoms with van der Waals surface area (Å²) < 4.78 is 60.5. The molecule has 0 amide bonds. The van der Waals surface area contributed by atoms with Crippen LogP contribution in [0.4, 0.5) is 17.6 Å². The van der Waals surface area contributed by atoms with Crippen molar-refractivity contribution in [2.75, 3.05) is 13.1 Å². The summed E-state index contributed by atoms with van der Waals surface area (Å²) in [5.41, 5.74) is -1.30. The molecule has 1 saturated heterocycles. The molecule has 7 nitrogen and oxygen atoms in total. The van der Waals surface area contributed by atoms with Gasteiger partial charge in [-0.05, 0) is 49.1 Å². The molecule has 1 aliphatic rings. The summed E-state index contributed by atoms with van der Waals surface area (Å²) in [6.07, 6.45) is 0.273. The lowest BCUT2D eigenvalue weighted by atomic mass is 9.95. The summed E-state index contributed by atoms with van der Waals surface area (Å²) >= 11 is 0. The van der Waals surface area contributed by atoms with Crippen LogP contribution >= 0.6 is 0 Å². The number of hydrogen-bond donors (Lipinski definition) is 0. The predicted molar refractivity (Wildman–Crippen MR) is 131 cm³/mol. The second-order valence-electron chi connectivity index (χ2n) is 10.1. The molecule has 0 N–H and O–H groups in total. The van der Waals surface area contributed by atoms with Crippen LogP contribution in [0.5, 0.6) is 0 Å². The van der Waals surface area contributed by atoms with E-state index < -0.39 is 23.1 Å². The second-order valence-corrected chi connectivity index (χ2v) is 10.1. The van der Waals surface area contributed by atoms with Crippen molar-refractivity contribution < 1.29 is 17.6 Å². The van der Waals surface area contributed by atoms with Crippen LogP contribution in [0.25, 0.3) is 11.2 Å². The van der Waals surface area contributed by atoms with Gasteiger partial charge in [0, 0.05) is 45.0 Å². The van der Waals surface area contributed by atoms with Crippen LogP contribution < -0.4 is 5.69 Å². The van der Waals surface area contributed by atoms with Gasteiger partial charge < -0.3 is 4.57 Å². The maximum Gasteiger partial charge on any atom is 0.418 e. The molecule has 11 heteroatoms. The third-order valence-corrected chi connectivity index (χ3v) is 7.22. The summed E-state index contributed by atoms with van der Waals surface area (Å²) in [5, 5.41) is 8.05. The minimum Gasteiger partial charge on any atom is -0.320 e. The molecule has 1 aromatic carbocycles. The first-order chi connectivity index (χ1) is 17.4. The lowest BCUT2D eigenvalue weighted by Gasteiger charge is -2.34. The number of nitrogens with zero attached hydrogens (tertiary/aromatic N) is 6. The van der Waals surface area contributed by atoms with E-state index in [1.54, 1.807) is 36.0 Å². The average molecular weight is 517 g/mol. The van der Waals surface area contributed by atoms with Crippen LogP contribution in [0.1, 0.15) is 55.1 Å².